The third kappa shape index (κ3) is 3.55. The molecule has 2 rings (SSSR count). The number of halogens is 2. The summed E-state index contributed by atoms with van der Waals surface area (Å²) in [5.41, 5.74) is 0.639. The first-order valence-electron chi connectivity index (χ1n) is 6.39. The summed E-state index contributed by atoms with van der Waals surface area (Å²) in [5.74, 6) is -5.53. The molecule has 7 heteroatoms. The maximum atomic E-state index is 13.1. The van der Waals surface area contributed by atoms with E-state index in [2.05, 4.69) is 14.8 Å². The molecule has 0 bridgehead atoms. The van der Waals surface area contributed by atoms with E-state index < -0.39 is 36.4 Å². The van der Waals surface area contributed by atoms with Crippen molar-refractivity contribution in [2.75, 3.05) is 13.7 Å². The third-order valence-electron chi connectivity index (χ3n) is 3.18. The molecular weight excluding hydrogens is 284 g/mol. The highest BCUT2D eigenvalue weighted by Crippen LogP contribution is 2.30. The van der Waals surface area contributed by atoms with Crippen molar-refractivity contribution in [2.24, 2.45) is 0 Å². The Balaban J connectivity index is 2.01. The summed E-state index contributed by atoms with van der Waals surface area (Å²) in [7, 11) is 1.24. The first-order chi connectivity index (χ1) is 9.94. The van der Waals surface area contributed by atoms with Crippen LogP contribution in [-0.4, -0.2) is 37.6 Å². The number of ether oxygens (including phenoxy) is 2. The molecule has 0 spiro atoms. The molecule has 1 aliphatic heterocycles. The van der Waals surface area contributed by atoms with Gasteiger partial charge in [0.2, 0.25) is 0 Å². The second kappa shape index (κ2) is 6.17. The fourth-order valence-corrected chi connectivity index (χ4v) is 2.11. The summed E-state index contributed by atoms with van der Waals surface area (Å²) in [5, 5.41) is 2.80. The quantitative estimate of drug-likeness (QED) is 0.834. The van der Waals surface area contributed by atoms with E-state index in [1.165, 1.54) is 7.11 Å². The zero-order valence-electron chi connectivity index (χ0n) is 11.3. The highest BCUT2D eigenvalue weighted by molar-refractivity contribution is 5.80. The van der Waals surface area contributed by atoms with Crippen LogP contribution < -0.4 is 5.32 Å². The van der Waals surface area contributed by atoms with E-state index in [0.717, 1.165) is 0 Å². The number of hydrogen-bond acceptors (Lipinski definition) is 5. The van der Waals surface area contributed by atoms with E-state index in [1.807, 2.05) is 0 Å². The lowest BCUT2D eigenvalue weighted by atomic mass is 10.1. The maximum absolute atomic E-state index is 13.1. The van der Waals surface area contributed by atoms with Gasteiger partial charge in [-0.2, -0.15) is 8.78 Å². The molecule has 0 aromatic heterocycles. The average molecular weight is 299 g/mol. The normalized spacial score (nSPS) is 21.7. The number of hydrogen-bond donors (Lipinski definition) is 1. The van der Waals surface area contributed by atoms with Crippen molar-refractivity contribution in [1.29, 1.82) is 0 Å². The van der Waals surface area contributed by atoms with Crippen molar-refractivity contribution in [2.45, 2.75) is 24.5 Å². The Morgan fingerprint density at radius 3 is 2.67 bits per heavy atom. The van der Waals surface area contributed by atoms with E-state index >= 15 is 0 Å². The summed E-state index contributed by atoms with van der Waals surface area (Å²) >= 11 is 0. The van der Waals surface area contributed by atoms with Crippen LogP contribution in [0.3, 0.4) is 0 Å². The van der Waals surface area contributed by atoms with Crippen molar-refractivity contribution in [3.05, 3.63) is 35.9 Å². The van der Waals surface area contributed by atoms with Gasteiger partial charge in [-0.25, -0.2) is 9.59 Å². The summed E-state index contributed by atoms with van der Waals surface area (Å²) in [6.07, 6.45) is -1.66. The average Bonchev–Trinajstić information content (AvgIpc) is 2.73. The van der Waals surface area contributed by atoms with Crippen molar-refractivity contribution in [1.82, 2.24) is 5.32 Å². The summed E-state index contributed by atoms with van der Waals surface area (Å²) in [6, 6.07) is 7.90. The van der Waals surface area contributed by atoms with Gasteiger partial charge in [-0.15, -0.1) is 0 Å². The maximum Gasteiger partial charge on any atom is 0.377 e. The molecule has 1 saturated heterocycles. The zero-order valence-corrected chi connectivity index (χ0v) is 11.3. The van der Waals surface area contributed by atoms with Crippen LogP contribution in [0.4, 0.5) is 8.78 Å². The van der Waals surface area contributed by atoms with Gasteiger partial charge in [0, 0.05) is 6.54 Å². The molecule has 1 heterocycles. The lowest BCUT2D eigenvalue weighted by Gasteiger charge is -2.18. The van der Waals surface area contributed by atoms with Gasteiger partial charge >= 0.3 is 17.9 Å². The third-order valence-corrected chi connectivity index (χ3v) is 3.18. The van der Waals surface area contributed by atoms with Crippen molar-refractivity contribution in [3.8, 4) is 0 Å². The van der Waals surface area contributed by atoms with Crippen LogP contribution in [0, 0.1) is 0 Å². The molecule has 21 heavy (non-hydrogen) atoms. The van der Waals surface area contributed by atoms with E-state index in [4.69, 9.17) is 0 Å². The second-order valence-electron chi connectivity index (χ2n) is 4.71. The van der Waals surface area contributed by atoms with Crippen molar-refractivity contribution >= 4 is 11.9 Å². The largest absolute Gasteiger partial charge is 0.468 e. The Bertz CT molecular complexity index is 521. The number of nitrogens with one attached hydrogen (secondary N) is 1. The van der Waals surface area contributed by atoms with Crippen LogP contribution >= 0.6 is 0 Å². The Labute approximate surface area is 120 Å². The standard InChI is InChI=1S/C14H15F2NO4/c1-20-12(18)11(9-5-3-2-4-6-9)17-8-10-7-14(15,16)13(19)21-10/h2-6,10-11,17H,7-8H2,1H3. The number of esters is 2. The number of carbonyl (C=O) groups is 2. The van der Waals surface area contributed by atoms with Gasteiger partial charge in [0.1, 0.15) is 12.1 Å². The molecule has 0 aliphatic carbocycles. The number of methoxy groups -OCH3 is 1. The molecule has 2 unspecified atom stereocenters. The van der Waals surface area contributed by atoms with Gasteiger partial charge in [-0.05, 0) is 5.56 Å². The number of cyclic esters (lactones) is 1. The van der Waals surface area contributed by atoms with Gasteiger partial charge < -0.3 is 9.47 Å². The molecule has 2 atom stereocenters. The van der Waals surface area contributed by atoms with Gasteiger partial charge in [0.15, 0.2) is 0 Å². The molecule has 114 valence electrons. The molecule has 1 aromatic carbocycles. The molecule has 5 nitrogen and oxygen atoms in total. The summed E-state index contributed by atoms with van der Waals surface area (Å²) < 4.78 is 35.4. The predicted molar refractivity (Wildman–Crippen MR) is 68.6 cm³/mol. The Hall–Kier alpha value is -2.02. The molecule has 1 aliphatic rings. The lowest BCUT2D eigenvalue weighted by molar-refractivity contribution is -0.159. The number of rotatable bonds is 5. The fourth-order valence-electron chi connectivity index (χ4n) is 2.11. The highest BCUT2D eigenvalue weighted by Gasteiger charge is 2.50. The number of alkyl halides is 2. The molecule has 0 saturated carbocycles. The molecular formula is C14H15F2NO4. The molecule has 1 fully saturated rings. The number of benzene rings is 1. The number of carbonyl (C=O) groups excluding carboxylic acids is 2. The van der Waals surface area contributed by atoms with Crippen LogP contribution in [0.25, 0.3) is 0 Å². The molecule has 0 amide bonds. The van der Waals surface area contributed by atoms with Crippen LogP contribution in [0.2, 0.25) is 0 Å². The van der Waals surface area contributed by atoms with Gasteiger partial charge in [0.05, 0.1) is 13.5 Å². The smallest absolute Gasteiger partial charge is 0.377 e. The second-order valence-corrected chi connectivity index (χ2v) is 4.71. The minimum absolute atomic E-state index is 0.0595. The van der Waals surface area contributed by atoms with Crippen LogP contribution in [0.1, 0.15) is 18.0 Å². The Morgan fingerprint density at radius 1 is 1.48 bits per heavy atom. The predicted octanol–water partition coefficient (Wildman–Crippen LogP) is 1.44. The van der Waals surface area contributed by atoms with Crippen LogP contribution in [0.15, 0.2) is 30.3 Å². The van der Waals surface area contributed by atoms with Crippen LogP contribution in [-0.2, 0) is 19.1 Å². The minimum Gasteiger partial charge on any atom is -0.468 e. The lowest BCUT2D eigenvalue weighted by Crippen LogP contribution is -2.35. The highest BCUT2D eigenvalue weighted by atomic mass is 19.3. The van der Waals surface area contributed by atoms with Crippen molar-refractivity contribution < 1.29 is 27.8 Å². The minimum atomic E-state index is -3.46. The topological polar surface area (TPSA) is 64.6 Å². The van der Waals surface area contributed by atoms with Crippen molar-refractivity contribution in [3.63, 3.8) is 0 Å². The van der Waals surface area contributed by atoms with Gasteiger partial charge in [-0.3, -0.25) is 5.32 Å². The fraction of sp³-hybridized carbons (Fsp3) is 0.429. The molecule has 0 radical (unpaired) electrons. The molecule has 1 N–H and O–H groups in total. The Kier molecular flexibility index (Phi) is 4.52. The van der Waals surface area contributed by atoms with E-state index in [1.54, 1.807) is 30.3 Å². The SMILES string of the molecule is COC(=O)C(NCC1CC(F)(F)C(=O)O1)c1ccccc1. The van der Waals surface area contributed by atoms with E-state index in [9.17, 15) is 18.4 Å². The first-order valence-corrected chi connectivity index (χ1v) is 6.39. The van der Waals surface area contributed by atoms with Gasteiger partial charge in [0.25, 0.3) is 0 Å². The van der Waals surface area contributed by atoms with E-state index in [-0.39, 0.29) is 6.54 Å². The van der Waals surface area contributed by atoms with Gasteiger partial charge in [-0.1, -0.05) is 30.3 Å². The first kappa shape index (κ1) is 15.4. The summed E-state index contributed by atoms with van der Waals surface area (Å²) in [6.45, 7) is -0.0595. The molecule has 1 aromatic rings. The monoisotopic (exact) mass is 299 g/mol. The summed E-state index contributed by atoms with van der Waals surface area (Å²) in [4.78, 5) is 22.7. The zero-order chi connectivity index (χ0) is 15.5. The van der Waals surface area contributed by atoms with Crippen LogP contribution in [0.5, 0.6) is 0 Å². The Morgan fingerprint density at radius 2 is 2.14 bits per heavy atom. The van der Waals surface area contributed by atoms with E-state index in [0.29, 0.717) is 5.56 Å².